The number of aryl methyl sites for hydroxylation is 2. The molecule has 0 aliphatic heterocycles. The van der Waals surface area contributed by atoms with Gasteiger partial charge in [0.25, 0.3) is 5.91 Å². The summed E-state index contributed by atoms with van der Waals surface area (Å²) in [5.74, 6) is 0.285. The first-order chi connectivity index (χ1) is 13.3. The fourth-order valence-electron chi connectivity index (χ4n) is 2.80. The van der Waals surface area contributed by atoms with E-state index in [0.717, 1.165) is 16.0 Å². The Bertz CT molecular complexity index is 1030. The van der Waals surface area contributed by atoms with E-state index in [4.69, 9.17) is 20.8 Å². The Morgan fingerprint density at radius 3 is 2.50 bits per heavy atom. The predicted octanol–water partition coefficient (Wildman–Crippen LogP) is 6.02. The van der Waals surface area contributed by atoms with E-state index in [1.165, 1.54) is 11.3 Å². The minimum Gasteiger partial charge on any atom is -0.462 e. The number of carbonyl (C=O) groups is 2. The van der Waals surface area contributed by atoms with Gasteiger partial charge in [0.2, 0.25) is 0 Å². The molecule has 2 aromatic heterocycles. The molecular weight excluding hydrogens is 398 g/mol. The van der Waals surface area contributed by atoms with E-state index in [9.17, 15) is 9.59 Å². The second-order valence-electron chi connectivity index (χ2n) is 6.25. The van der Waals surface area contributed by atoms with Gasteiger partial charge in [-0.3, -0.25) is 4.79 Å². The average Bonchev–Trinajstić information content (AvgIpc) is 3.16. The van der Waals surface area contributed by atoms with Crippen LogP contribution in [0.2, 0.25) is 5.02 Å². The first-order valence-electron chi connectivity index (χ1n) is 8.76. The maximum atomic E-state index is 12.8. The van der Waals surface area contributed by atoms with Gasteiger partial charge in [-0.2, -0.15) is 0 Å². The van der Waals surface area contributed by atoms with Gasteiger partial charge in [0.15, 0.2) is 0 Å². The van der Waals surface area contributed by atoms with Crippen LogP contribution in [0.4, 0.5) is 5.00 Å². The van der Waals surface area contributed by atoms with Crippen molar-refractivity contribution < 1.29 is 18.7 Å². The lowest BCUT2D eigenvalue weighted by molar-refractivity contribution is 0.0527. The Kier molecular flexibility index (Phi) is 5.91. The lowest BCUT2D eigenvalue weighted by atomic mass is 10.1. The number of carbonyl (C=O) groups excluding carboxylic acids is 2. The number of anilines is 1. The third-order valence-corrected chi connectivity index (χ3v) is 5.76. The summed E-state index contributed by atoms with van der Waals surface area (Å²) in [4.78, 5) is 26.1. The molecule has 1 N–H and O–H groups in total. The number of benzene rings is 1. The second kappa shape index (κ2) is 8.20. The lowest BCUT2D eigenvalue weighted by Gasteiger charge is -2.06. The number of rotatable bonds is 5. The van der Waals surface area contributed by atoms with E-state index in [1.54, 1.807) is 32.0 Å². The standard InChI is InChI=1S/C21H20ClNO4S/c1-5-26-21(25)18-11(2)13(4)28-20(18)23-19(24)16-10-17(27-12(16)3)14-6-8-15(22)9-7-14/h6-10H,5H2,1-4H3,(H,23,24). The van der Waals surface area contributed by atoms with Gasteiger partial charge in [-0.05, 0) is 63.6 Å². The fraction of sp³-hybridized carbons (Fsp3) is 0.238. The van der Waals surface area contributed by atoms with E-state index in [0.29, 0.717) is 32.7 Å². The SMILES string of the molecule is CCOC(=O)c1c(NC(=O)c2cc(-c3ccc(Cl)cc3)oc2C)sc(C)c1C. The van der Waals surface area contributed by atoms with Crippen molar-refractivity contribution in [3.8, 4) is 11.3 Å². The topological polar surface area (TPSA) is 68.5 Å². The monoisotopic (exact) mass is 417 g/mol. The number of nitrogens with one attached hydrogen (secondary N) is 1. The molecule has 1 aromatic carbocycles. The molecule has 146 valence electrons. The van der Waals surface area contributed by atoms with Crippen LogP contribution in [-0.4, -0.2) is 18.5 Å². The summed E-state index contributed by atoms with van der Waals surface area (Å²) >= 11 is 7.27. The molecule has 28 heavy (non-hydrogen) atoms. The maximum absolute atomic E-state index is 12.8. The molecule has 0 saturated carbocycles. The number of hydrogen-bond donors (Lipinski definition) is 1. The van der Waals surface area contributed by atoms with Crippen molar-refractivity contribution in [2.24, 2.45) is 0 Å². The molecule has 0 spiro atoms. The molecule has 0 aliphatic rings. The minimum atomic E-state index is -0.439. The van der Waals surface area contributed by atoms with Crippen molar-refractivity contribution in [1.29, 1.82) is 0 Å². The first-order valence-corrected chi connectivity index (χ1v) is 9.96. The summed E-state index contributed by atoms with van der Waals surface area (Å²) in [6.07, 6.45) is 0. The fourth-order valence-corrected chi connectivity index (χ4v) is 3.97. The van der Waals surface area contributed by atoms with E-state index >= 15 is 0 Å². The van der Waals surface area contributed by atoms with Crippen molar-refractivity contribution in [1.82, 2.24) is 0 Å². The Balaban J connectivity index is 1.89. The summed E-state index contributed by atoms with van der Waals surface area (Å²) in [6, 6.07) is 8.86. The molecule has 0 fully saturated rings. The van der Waals surface area contributed by atoms with Crippen LogP contribution in [0.3, 0.4) is 0 Å². The van der Waals surface area contributed by atoms with Crippen LogP contribution in [0.1, 0.15) is 43.8 Å². The maximum Gasteiger partial charge on any atom is 0.341 e. The number of furan rings is 1. The first kappa shape index (κ1) is 20.2. The summed E-state index contributed by atoms with van der Waals surface area (Å²) in [6.45, 7) is 7.49. The molecule has 3 aromatic rings. The van der Waals surface area contributed by atoms with E-state index in [1.807, 2.05) is 26.0 Å². The van der Waals surface area contributed by atoms with Crippen LogP contribution in [0.15, 0.2) is 34.7 Å². The molecule has 0 atom stereocenters. The van der Waals surface area contributed by atoms with Crippen LogP contribution in [0.25, 0.3) is 11.3 Å². The zero-order valence-corrected chi connectivity index (χ0v) is 17.6. The molecular formula is C21H20ClNO4S. The normalized spacial score (nSPS) is 10.8. The number of amides is 1. The Morgan fingerprint density at radius 2 is 1.86 bits per heavy atom. The molecule has 3 rings (SSSR count). The van der Waals surface area contributed by atoms with Crippen LogP contribution in [-0.2, 0) is 4.74 Å². The molecule has 0 saturated heterocycles. The highest BCUT2D eigenvalue weighted by Crippen LogP contribution is 2.34. The lowest BCUT2D eigenvalue weighted by Crippen LogP contribution is -2.15. The number of esters is 1. The van der Waals surface area contributed by atoms with Gasteiger partial charge in [-0.25, -0.2) is 4.79 Å². The Labute approximate surface area is 172 Å². The van der Waals surface area contributed by atoms with Crippen molar-refractivity contribution in [2.75, 3.05) is 11.9 Å². The van der Waals surface area contributed by atoms with Crippen LogP contribution in [0, 0.1) is 20.8 Å². The smallest absolute Gasteiger partial charge is 0.341 e. The zero-order valence-electron chi connectivity index (χ0n) is 16.0. The molecule has 1 amide bonds. The quantitative estimate of drug-likeness (QED) is 0.515. The summed E-state index contributed by atoms with van der Waals surface area (Å²) in [7, 11) is 0. The zero-order chi connectivity index (χ0) is 20.4. The van der Waals surface area contributed by atoms with Crippen LogP contribution in [0.5, 0.6) is 0 Å². The summed E-state index contributed by atoms with van der Waals surface area (Å²) < 4.78 is 10.9. The number of halogens is 1. The largest absolute Gasteiger partial charge is 0.462 e. The minimum absolute atomic E-state index is 0.270. The van der Waals surface area contributed by atoms with Crippen molar-refractivity contribution in [2.45, 2.75) is 27.7 Å². The molecule has 0 unspecified atom stereocenters. The van der Waals surface area contributed by atoms with Gasteiger partial charge in [-0.1, -0.05) is 11.6 Å². The summed E-state index contributed by atoms with van der Waals surface area (Å²) in [5, 5.41) is 3.94. The molecule has 5 nitrogen and oxygen atoms in total. The highest BCUT2D eigenvalue weighted by Gasteiger charge is 2.24. The third kappa shape index (κ3) is 3.98. The van der Waals surface area contributed by atoms with Crippen LogP contribution < -0.4 is 5.32 Å². The number of thiophene rings is 1. The van der Waals surface area contributed by atoms with E-state index in [2.05, 4.69) is 5.32 Å². The average molecular weight is 418 g/mol. The Morgan fingerprint density at radius 1 is 1.18 bits per heavy atom. The highest BCUT2D eigenvalue weighted by molar-refractivity contribution is 7.16. The van der Waals surface area contributed by atoms with Gasteiger partial charge < -0.3 is 14.5 Å². The van der Waals surface area contributed by atoms with E-state index < -0.39 is 5.97 Å². The number of hydrogen-bond acceptors (Lipinski definition) is 5. The van der Waals surface area contributed by atoms with Crippen LogP contribution >= 0.6 is 22.9 Å². The van der Waals surface area contributed by atoms with Gasteiger partial charge in [0, 0.05) is 15.5 Å². The van der Waals surface area contributed by atoms with Crippen molar-refractivity contribution in [3.05, 3.63) is 62.7 Å². The third-order valence-electron chi connectivity index (χ3n) is 4.38. The molecule has 7 heteroatoms. The van der Waals surface area contributed by atoms with Crippen molar-refractivity contribution >= 4 is 39.8 Å². The predicted molar refractivity (Wildman–Crippen MR) is 112 cm³/mol. The van der Waals surface area contributed by atoms with E-state index in [-0.39, 0.29) is 12.5 Å². The van der Waals surface area contributed by atoms with Gasteiger partial charge in [-0.15, -0.1) is 11.3 Å². The molecule has 0 radical (unpaired) electrons. The highest BCUT2D eigenvalue weighted by atomic mass is 35.5. The number of ether oxygens (including phenoxy) is 1. The van der Waals surface area contributed by atoms with Crippen molar-refractivity contribution in [3.63, 3.8) is 0 Å². The van der Waals surface area contributed by atoms with Gasteiger partial charge >= 0.3 is 5.97 Å². The summed E-state index contributed by atoms with van der Waals surface area (Å²) in [5.41, 5.74) is 2.44. The second-order valence-corrected chi connectivity index (χ2v) is 7.91. The van der Waals surface area contributed by atoms with Gasteiger partial charge in [0.05, 0.1) is 17.7 Å². The molecule has 2 heterocycles. The Hall–Kier alpha value is -2.57. The van der Waals surface area contributed by atoms with Gasteiger partial charge in [0.1, 0.15) is 16.5 Å². The molecule has 0 bridgehead atoms. The molecule has 0 aliphatic carbocycles.